The molecular weight excluding hydrogens is 440 g/mol. The molecule has 0 radical (unpaired) electrons. The van der Waals surface area contributed by atoms with Crippen LogP contribution in [0.3, 0.4) is 0 Å². The second-order valence-corrected chi connectivity index (χ2v) is 9.67. The van der Waals surface area contributed by atoms with Gasteiger partial charge in [-0.25, -0.2) is 13.2 Å². The van der Waals surface area contributed by atoms with E-state index in [4.69, 9.17) is 0 Å². The highest BCUT2D eigenvalue weighted by Crippen LogP contribution is 2.21. The Balaban J connectivity index is 1.52. The predicted molar refractivity (Wildman–Crippen MR) is 129 cm³/mol. The topological polar surface area (TPSA) is 102 Å². The molecule has 4 aromatic rings. The van der Waals surface area contributed by atoms with Gasteiger partial charge in [-0.05, 0) is 79.6 Å². The first-order valence-corrected chi connectivity index (χ1v) is 11.7. The molecule has 0 saturated carbocycles. The summed E-state index contributed by atoms with van der Waals surface area (Å²) in [6.45, 7) is 3.87. The number of hydrogen-bond donors (Lipinski definition) is 2. The number of carbonyl (C=O) groups excluding carboxylic acids is 1. The summed E-state index contributed by atoms with van der Waals surface area (Å²) in [7, 11) is -0.436. The normalized spacial score (nSPS) is 11.5. The largest absolute Gasteiger partial charge is 0.328 e. The van der Waals surface area contributed by atoms with E-state index in [2.05, 4.69) is 10.0 Å². The Bertz CT molecular complexity index is 1550. The molecule has 1 heterocycles. The van der Waals surface area contributed by atoms with Crippen LogP contribution in [-0.4, -0.2) is 23.5 Å². The molecule has 0 spiro atoms. The first-order chi connectivity index (χ1) is 15.6. The number of nitrogens with zero attached hydrogens (tertiary/aromatic N) is 2. The Hall–Kier alpha value is -3.85. The van der Waals surface area contributed by atoms with Gasteiger partial charge in [0.05, 0.1) is 15.9 Å². The number of amides is 1. The van der Waals surface area contributed by atoms with Crippen LogP contribution in [0.2, 0.25) is 0 Å². The average Bonchev–Trinajstić information content (AvgIpc) is 3.00. The Labute approximate surface area is 191 Å². The number of hydrogen-bond acceptors (Lipinski definition) is 4. The number of aromatic nitrogens is 2. The minimum Gasteiger partial charge on any atom is -0.322 e. The van der Waals surface area contributed by atoms with Gasteiger partial charge in [0.15, 0.2) is 0 Å². The molecule has 0 aliphatic heterocycles. The lowest BCUT2D eigenvalue weighted by molar-refractivity contribution is 0.102. The van der Waals surface area contributed by atoms with E-state index in [9.17, 15) is 18.0 Å². The molecule has 0 fully saturated rings. The predicted octanol–water partition coefficient (Wildman–Crippen LogP) is 3.55. The average molecular weight is 465 g/mol. The maximum Gasteiger partial charge on any atom is 0.328 e. The van der Waals surface area contributed by atoms with Crippen LogP contribution in [-0.2, 0) is 24.1 Å². The van der Waals surface area contributed by atoms with Crippen molar-refractivity contribution >= 4 is 38.3 Å². The summed E-state index contributed by atoms with van der Waals surface area (Å²) in [4.78, 5) is 24.8. The smallest absolute Gasteiger partial charge is 0.322 e. The number of rotatable bonds is 5. The zero-order valence-corrected chi connectivity index (χ0v) is 19.5. The van der Waals surface area contributed by atoms with Crippen LogP contribution in [0.15, 0.2) is 70.4 Å². The lowest BCUT2D eigenvalue weighted by Gasteiger charge is -2.11. The van der Waals surface area contributed by atoms with Gasteiger partial charge in [0.1, 0.15) is 0 Å². The molecule has 0 aliphatic rings. The number of aryl methyl sites for hydroxylation is 4. The molecule has 1 aromatic heterocycles. The summed E-state index contributed by atoms with van der Waals surface area (Å²) in [6, 6.07) is 16.2. The van der Waals surface area contributed by atoms with E-state index in [0.29, 0.717) is 22.5 Å². The molecule has 0 saturated heterocycles. The fraction of sp³-hybridized carbons (Fsp3) is 0.167. The number of imidazole rings is 1. The van der Waals surface area contributed by atoms with Crippen LogP contribution in [0.1, 0.15) is 21.5 Å². The molecular formula is C24H24N4O4S. The summed E-state index contributed by atoms with van der Waals surface area (Å²) < 4.78 is 31.0. The van der Waals surface area contributed by atoms with Crippen LogP contribution in [0, 0.1) is 13.8 Å². The van der Waals surface area contributed by atoms with Gasteiger partial charge < -0.3 is 5.32 Å². The van der Waals surface area contributed by atoms with Gasteiger partial charge in [-0.1, -0.05) is 6.07 Å². The summed E-state index contributed by atoms with van der Waals surface area (Å²) >= 11 is 0. The third kappa shape index (κ3) is 4.27. The fourth-order valence-electron chi connectivity index (χ4n) is 3.59. The van der Waals surface area contributed by atoms with E-state index in [1.165, 1.54) is 33.4 Å². The van der Waals surface area contributed by atoms with Crippen LogP contribution in [0.25, 0.3) is 11.0 Å². The summed E-state index contributed by atoms with van der Waals surface area (Å²) in [5.74, 6) is -0.388. The maximum absolute atomic E-state index is 12.7. The number of anilines is 2. The van der Waals surface area contributed by atoms with Gasteiger partial charge in [0.2, 0.25) is 0 Å². The second kappa shape index (κ2) is 8.25. The standard InChI is InChI=1S/C24H24N4O4S/c1-15-5-8-19(13-16(15)2)26-33(31,32)20-10-6-17(7-11-20)23(29)25-18-9-12-21-22(14-18)28(4)24(30)27(21)3/h5-14,26H,1-4H3,(H,25,29). The van der Waals surface area contributed by atoms with E-state index in [-0.39, 0.29) is 16.5 Å². The maximum atomic E-state index is 12.7. The minimum atomic E-state index is -3.79. The highest BCUT2D eigenvalue weighted by Gasteiger charge is 2.16. The fourth-order valence-corrected chi connectivity index (χ4v) is 4.64. The SMILES string of the molecule is Cc1ccc(NS(=O)(=O)c2ccc(C(=O)Nc3ccc4c(c3)n(C)c(=O)n4C)cc2)cc1C. The van der Waals surface area contributed by atoms with Crippen molar-refractivity contribution in [2.45, 2.75) is 18.7 Å². The van der Waals surface area contributed by atoms with Crippen LogP contribution in [0.4, 0.5) is 11.4 Å². The van der Waals surface area contributed by atoms with Crippen LogP contribution >= 0.6 is 0 Å². The monoisotopic (exact) mass is 464 g/mol. The number of carbonyl (C=O) groups is 1. The summed E-state index contributed by atoms with van der Waals surface area (Å²) in [5, 5.41) is 2.79. The molecule has 33 heavy (non-hydrogen) atoms. The number of nitrogens with one attached hydrogen (secondary N) is 2. The zero-order chi connectivity index (χ0) is 23.9. The molecule has 2 N–H and O–H groups in total. The Morgan fingerprint density at radius 1 is 0.788 bits per heavy atom. The van der Waals surface area contributed by atoms with E-state index < -0.39 is 10.0 Å². The second-order valence-electron chi connectivity index (χ2n) is 7.99. The molecule has 170 valence electrons. The third-order valence-electron chi connectivity index (χ3n) is 5.72. The van der Waals surface area contributed by atoms with Crippen molar-refractivity contribution in [1.29, 1.82) is 0 Å². The minimum absolute atomic E-state index is 0.0537. The molecule has 4 rings (SSSR count). The third-order valence-corrected chi connectivity index (χ3v) is 7.11. The molecule has 0 bridgehead atoms. The number of benzene rings is 3. The van der Waals surface area contributed by atoms with E-state index in [1.54, 1.807) is 44.4 Å². The van der Waals surface area contributed by atoms with E-state index >= 15 is 0 Å². The first-order valence-electron chi connectivity index (χ1n) is 10.2. The lowest BCUT2D eigenvalue weighted by Crippen LogP contribution is -2.19. The molecule has 0 unspecified atom stereocenters. The number of fused-ring (bicyclic) bond motifs is 1. The summed E-state index contributed by atoms with van der Waals surface area (Å²) in [5.41, 5.74) is 4.66. The van der Waals surface area contributed by atoms with E-state index in [1.807, 2.05) is 19.9 Å². The van der Waals surface area contributed by atoms with Crippen molar-refractivity contribution in [2.24, 2.45) is 14.1 Å². The van der Waals surface area contributed by atoms with Crippen molar-refractivity contribution in [1.82, 2.24) is 9.13 Å². The molecule has 0 atom stereocenters. The van der Waals surface area contributed by atoms with Gasteiger partial charge in [-0.3, -0.25) is 18.7 Å². The van der Waals surface area contributed by atoms with Crippen molar-refractivity contribution in [3.63, 3.8) is 0 Å². The molecule has 9 heteroatoms. The van der Waals surface area contributed by atoms with Crippen molar-refractivity contribution < 1.29 is 13.2 Å². The van der Waals surface area contributed by atoms with Crippen molar-refractivity contribution in [3.8, 4) is 0 Å². The molecule has 8 nitrogen and oxygen atoms in total. The van der Waals surface area contributed by atoms with Gasteiger partial charge in [-0.15, -0.1) is 0 Å². The van der Waals surface area contributed by atoms with Gasteiger partial charge in [-0.2, -0.15) is 0 Å². The highest BCUT2D eigenvalue weighted by atomic mass is 32.2. The quantitative estimate of drug-likeness (QED) is 0.472. The molecule has 1 amide bonds. The van der Waals surface area contributed by atoms with E-state index in [0.717, 1.165) is 16.6 Å². The molecule has 0 aliphatic carbocycles. The Kier molecular flexibility index (Phi) is 5.59. The summed E-state index contributed by atoms with van der Waals surface area (Å²) in [6.07, 6.45) is 0. The first kappa shape index (κ1) is 22.3. The van der Waals surface area contributed by atoms with Gasteiger partial charge in [0.25, 0.3) is 15.9 Å². The molecule has 3 aromatic carbocycles. The Morgan fingerprint density at radius 3 is 2.09 bits per heavy atom. The van der Waals surface area contributed by atoms with Crippen molar-refractivity contribution in [3.05, 3.63) is 87.8 Å². The number of sulfonamides is 1. The lowest BCUT2D eigenvalue weighted by atomic mass is 10.1. The van der Waals surface area contributed by atoms with Gasteiger partial charge in [0, 0.05) is 31.0 Å². The van der Waals surface area contributed by atoms with Crippen LogP contribution in [0.5, 0.6) is 0 Å². The van der Waals surface area contributed by atoms with Crippen LogP contribution < -0.4 is 15.7 Å². The van der Waals surface area contributed by atoms with Gasteiger partial charge >= 0.3 is 5.69 Å². The Morgan fingerprint density at radius 2 is 1.42 bits per heavy atom. The van der Waals surface area contributed by atoms with Crippen molar-refractivity contribution in [2.75, 3.05) is 10.0 Å². The highest BCUT2D eigenvalue weighted by molar-refractivity contribution is 7.92. The zero-order valence-electron chi connectivity index (χ0n) is 18.7.